The van der Waals surface area contributed by atoms with Gasteiger partial charge in [-0.1, -0.05) is 0 Å². The van der Waals surface area contributed by atoms with Gasteiger partial charge in [0, 0.05) is 38.4 Å². The van der Waals surface area contributed by atoms with Gasteiger partial charge in [0.15, 0.2) is 0 Å². The number of likely N-dealkylation sites (tertiary alicyclic amines) is 1. The van der Waals surface area contributed by atoms with Crippen molar-refractivity contribution >= 4 is 12.1 Å². The number of carbonyl (C=O) groups excluding carboxylic acids is 2. The highest BCUT2D eigenvalue weighted by atomic mass is 16.5. The molecule has 1 aromatic heterocycles. The maximum atomic E-state index is 12.2. The summed E-state index contributed by atoms with van der Waals surface area (Å²) in [6, 6.07) is 1.43. The Balaban J connectivity index is 1.57. The molecule has 4 amide bonds. The Morgan fingerprint density at radius 3 is 2.85 bits per heavy atom. The summed E-state index contributed by atoms with van der Waals surface area (Å²) in [5, 5.41) is 2.61. The Morgan fingerprint density at radius 2 is 2.15 bits per heavy atom. The molecule has 0 aliphatic carbocycles. The number of aromatic nitrogens is 2. The van der Waals surface area contributed by atoms with E-state index in [1.807, 2.05) is 0 Å². The highest BCUT2D eigenvalue weighted by molar-refractivity contribution is 5.95. The maximum Gasteiger partial charge on any atom is 0.328 e. The van der Waals surface area contributed by atoms with Gasteiger partial charge in [-0.2, -0.15) is 0 Å². The summed E-state index contributed by atoms with van der Waals surface area (Å²) in [7, 11) is 0. The van der Waals surface area contributed by atoms with E-state index in [0.29, 0.717) is 38.6 Å². The SMILES string of the molecule is O=C1NCCN1C(=O)N1CCC(Oc2ncccn2)C1. The van der Waals surface area contributed by atoms with Crippen LogP contribution in [-0.4, -0.2) is 64.1 Å². The Morgan fingerprint density at radius 1 is 1.35 bits per heavy atom. The molecule has 0 spiro atoms. The molecule has 8 heteroatoms. The van der Waals surface area contributed by atoms with E-state index in [1.165, 1.54) is 4.90 Å². The normalized spacial score (nSPS) is 22.0. The van der Waals surface area contributed by atoms with E-state index >= 15 is 0 Å². The van der Waals surface area contributed by atoms with E-state index in [-0.39, 0.29) is 18.2 Å². The lowest BCUT2D eigenvalue weighted by Crippen LogP contribution is -2.44. The molecule has 0 saturated carbocycles. The first-order valence-corrected chi connectivity index (χ1v) is 6.52. The van der Waals surface area contributed by atoms with E-state index in [0.717, 1.165) is 0 Å². The predicted molar refractivity (Wildman–Crippen MR) is 68.1 cm³/mol. The third-order valence-corrected chi connectivity index (χ3v) is 3.32. The second kappa shape index (κ2) is 5.32. The minimum absolute atomic E-state index is 0.132. The van der Waals surface area contributed by atoms with Crippen LogP contribution < -0.4 is 10.1 Å². The fourth-order valence-electron chi connectivity index (χ4n) is 2.32. The molecule has 1 unspecified atom stereocenters. The van der Waals surface area contributed by atoms with Gasteiger partial charge in [0.2, 0.25) is 0 Å². The van der Waals surface area contributed by atoms with E-state index in [4.69, 9.17) is 4.74 Å². The molecule has 0 bridgehead atoms. The number of hydrogen-bond acceptors (Lipinski definition) is 5. The number of rotatable bonds is 2. The van der Waals surface area contributed by atoms with E-state index in [9.17, 15) is 9.59 Å². The molecule has 3 heterocycles. The van der Waals surface area contributed by atoms with Gasteiger partial charge < -0.3 is 15.0 Å². The Hall–Kier alpha value is -2.38. The number of hydrogen-bond donors (Lipinski definition) is 1. The second-order valence-corrected chi connectivity index (χ2v) is 4.67. The van der Waals surface area contributed by atoms with Gasteiger partial charge in [-0.25, -0.2) is 24.5 Å². The van der Waals surface area contributed by atoms with Gasteiger partial charge in [-0.15, -0.1) is 0 Å². The molecule has 1 N–H and O–H groups in total. The quantitative estimate of drug-likeness (QED) is 0.826. The van der Waals surface area contributed by atoms with Crippen molar-refractivity contribution < 1.29 is 14.3 Å². The minimum atomic E-state index is -0.328. The number of nitrogens with zero attached hydrogens (tertiary/aromatic N) is 4. The van der Waals surface area contributed by atoms with Crippen LogP contribution in [0.5, 0.6) is 6.01 Å². The summed E-state index contributed by atoms with van der Waals surface area (Å²) >= 11 is 0. The number of imide groups is 1. The first-order valence-electron chi connectivity index (χ1n) is 6.52. The van der Waals surface area contributed by atoms with Crippen molar-refractivity contribution in [2.24, 2.45) is 0 Å². The average molecular weight is 277 g/mol. The van der Waals surface area contributed by atoms with Crippen LogP contribution in [0.2, 0.25) is 0 Å². The summed E-state index contributed by atoms with van der Waals surface area (Å²) in [4.78, 5) is 34.4. The molecule has 2 aliphatic heterocycles. The van der Waals surface area contributed by atoms with Crippen molar-refractivity contribution in [3.8, 4) is 6.01 Å². The van der Waals surface area contributed by atoms with Crippen LogP contribution in [0.3, 0.4) is 0 Å². The number of ether oxygens (including phenoxy) is 1. The van der Waals surface area contributed by atoms with E-state index < -0.39 is 0 Å². The molecule has 106 valence electrons. The van der Waals surface area contributed by atoms with Crippen LogP contribution in [0.1, 0.15) is 6.42 Å². The summed E-state index contributed by atoms with van der Waals surface area (Å²) < 4.78 is 5.61. The van der Waals surface area contributed by atoms with Crippen molar-refractivity contribution in [3.63, 3.8) is 0 Å². The zero-order chi connectivity index (χ0) is 13.9. The Labute approximate surface area is 115 Å². The van der Waals surface area contributed by atoms with Crippen LogP contribution in [0.4, 0.5) is 9.59 Å². The first-order chi connectivity index (χ1) is 9.74. The largest absolute Gasteiger partial charge is 0.458 e. The van der Waals surface area contributed by atoms with Crippen LogP contribution in [0.25, 0.3) is 0 Å². The number of carbonyl (C=O) groups is 2. The molecule has 3 rings (SSSR count). The molecule has 2 aliphatic rings. The summed E-state index contributed by atoms with van der Waals surface area (Å²) in [5.41, 5.74) is 0. The maximum absolute atomic E-state index is 12.2. The van der Waals surface area contributed by atoms with Gasteiger partial charge in [0.1, 0.15) is 6.10 Å². The third kappa shape index (κ3) is 2.49. The molecule has 2 fully saturated rings. The van der Waals surface area contributed by atoms with Crippen LogP contribution in [-0.2, 0) is 0 Å². The van der Waals surface area contributed by atoms with Crippen molar-refractivity contribution in [2.75, 3.05) is 26.2 Å². The third-order valence-electron chi connectivity index (χ3n) is 3.32. The fraction of sp³-hybridized carbons (Fsp3) is 0.500. The molecular formula is C12H15N5O3. The first kappa shape index (κ1) is 12.6. The van der Waals surface area contributed by atoms with Crippen LogP contribution in [0.15, 0.2) is 18.5 Å². The molecule has 2 saturated heterocycles. The summed E-state index contributed by atoms with van der Waals surface area (Å²) in [5.74, 6) is 0. The van der Waals surface area contributed by atoms with Crippen molar-refractivity contribution in [3.05, 3.63) is 18.5 Å². The topological polar surface area (TPSA) is 87.7 Å². The zero-order valence-electron chi connectivity index (χ0n) is 10.9. The predicted octanol–water partition coefficient (Wildman–Crippen LogP) is 0.0749. The lowest BCUT2D eigenvalue weighted by Gasteiger charge is -2.21. The molecule has 1 aromatic rings. The molecule has 8 nitrogen and oxygen atoms in total. The zero-order valence-corrected chi connectivity index (χ0v) is 10.9. The van der Waals surface area contributed by atoms with Crippen LogP contribution >= 0.6 is 0 Å². The highest BCUT2D eigenvalue weighted by Gasteiger charge is 2.35. The van der Waals surface area contributed by atoms with Crippen molar-refractivity contribution in [1.82, 2.24) is 25.1 Å². The van der Waals surface area contributed by atoms with Crippen molar-refractivity contribution in [2.45, 2.75) is 12.5 Å². The Bertz CT molecular complexity index is 509. The minimum Gasteiger partial charge on any atom is -0.458 e. The molecule has 20 heavy (non-hydrogen) atoms. The molecule has 1 atom stereocenters. The lowest BCUT2D eigenvalue weighted by atomic mass is 10.3. The van der Waals surface area contributed by atoms with Gasteiger partial charge in [0.25, 0.3) is 0 Å². The van der Waals surface area contributed by atoms with Gasteiger partial charge in [0.05, 0.1) is 6.54 Å². The van der Waals surface area contributed by atoms with Gasteiger partial charge in [-0.3, -0.25) is 0 Å². The standard InChI is InChI=1S/C12H15N5O3/c18-11-15-5-7-17(11)12(19)16-6-2-9(8-16)20-10-13-3-1-4-14-10/h1,3-4,9H,2,5-8H2,(H,15,18). The van der Waals surface area contributed by atoms with Gasteiger partial charge >= 0.3 is 18.1 Å². The van der Waals surface area contributed by atoms with E-state index in [1.54, 1.807) is 23.4 Å². The monoisotopic (exact) mass is 277 g/mol. The number of nitrogens with one attached hydrogen (secondary N) is 1. The number of urea groups is 2. The summed E-state index contributed by atoms with van der Waals surface area (Å²) in [6.07, 6.45) is 3.79. The van der Waals surface area contributed by atoms with Crippen LogP contribution in [0, 0.1) is 0 Å². The van der Waals surface area contributed by atoms with Crippen molar-refractivity contribution in [1.29, 1.82) is 0 Å². The molecular weight excluding hydrogens is 262 g/mol. The fourth-order valence-corrected chi connectivity index (χ4v) is 2.32. The number of amides is 4. The second-order valence-electron chi connectivity index (χ2n) is 4.67. The summed E-state index contributed by atoms with van der Waals surface area (Å²) in [6.45, 7) is 1.94. The molecule has 0 radical (unpaired) electrons. The van der Waals surface area contributed by atoms with E-state index in [2.05, 4.69) is 15.3 Å². The van der Waals surface area contributed by atoms with Gasteiger partial charge in [-0.05, 0) is 6.07 Å². The highest BCUT2D eigenvalue weighted by Crippen LogP contribution is 2.16. The molecule has 0 aromatic carbocycles. The lowest BCUT2D eigenvalue weighted by molar-refractivity contribution is 0.158. The smallest absolute Gasteiger partial charge is 0.328 e. The Kier molecular flexibility index (Phi) is 3.36. The average Bonchev–Trinajstić information content (AvgIpc) is 3.08.